The van der Waals surface area contributed by atoms with Crippen molar-refractivity contribution in [3.8, 4) is 28.7 Å². The summed E-state index contributed by atoms with van der Waals surface area (Å²) in [4.78, 5) is 15.1. The first-order chi connectivity index (χ1) is 17.4. The van der Waals surface area contributed by atoms with Gasteiger partial charge in [0, 0.05) is 11.6 Å². The molecule has 36 heavy (non-hydrogen) atoms. The summed E-state index contributed by atoms with van der Waals surface area (Å²) >= 11 is 12.2. The smallest absolute Gasteiger partial charge is 0.261 e. The van der Waals surface area contributed by atoms with Gasteiger partial charge in [0.25, 0.3) is 5.91 Å². The van der Waals surface area contributed by atoms with Crippen molar-refractivity contribution in [3.05, 3.63) is 75.8 Å². The number of halogens is 2. The number of carbonyl (C=O) groups excluding carboxylic acids is 1. The van der Waals surface area contributed by atoms with Crippen LogP contribution in [0.15, 0.2) is 54.6 Å². The van der Waals surface area contributed by atoms with Gasteiger partial charge in [-0.2, -0.15) is 0 Å². The molecule has 1 amide bonds. The summed E-state index contributed by atoms with van der Waals surface area (Å²) in [5.74, 6) is 2.61. The van der Waals surface area contributed by atoms with Crippen LogP contribution in [0.25, 0.3) is 0 Å². The summed E-state index contributed by atoms with van der Waals surface area (Å²) in [6, 6.07) is 15.7. The molecule has 0 saturated heterocycles. The Kier molecular flexibility index (Phi) is 8.33. The zero-order valence-corrected chi connectivity index (χ0v) is 21.8. The zero-order chi connectivity index (χ0) is 25.7. The summed E-state index contributed by atoms with van der Waals surface area (Å²) in [6.45, 7) is 0.504. The molecule has 4 rings (SSSR count). The molecule has 0 aromatic heterocycles. The molecule has 1 aliphatic rings. The number of para-hydroxylation sites is 2. The van der Waals surface area contributed by atoms with Gasteiger partial charge in [0.05, 0.1) is 32.4 Å². The minimum absolute atomic E-state index is 0.185. The van der Waals surface area contributed by atoms with E-state index in [1.165, 1.54) is 0 Å². The van der Waals surface area contributed by atoms with E-state index in [2.05, 4.69) is 0 Å². The number of nitrogens with zero attached hydrogens (tertiary/aromatic N) is 1. The minimum atomic E-state index is -0.393. The van der Waals surface area contributed by atoms with Gasteiger partial charge in [-0.15, -0.1) is 0 Å². The van der Waals surface area contributed by atoms with Gasteiger partial charge in [-0.3, -0.25) is 4.79 Å². The van der Waals surface area contributed by atoms with Gasteiger partial charge < -0.3 is 28.6 Å². The van der Waals surface area contributed by atoms with E-state index in [0.717, 1.165) is 11.1 Å². The SMILES string of the molecule is COc1cc2c(cc1OC)[C@H](COc1ccccc1OC)N(C(=O)COc1ccc(Cl)cc1Cl)CC2. The van der Waals surface area contributed by atoms with E-state index in [4.69, 9.17) is 46.9 Å². The highest BCUT2D eigenvalue weighted by Gasteiger charge is 2.33. The monoisotopic (exact) mass is 531 g/mol. The highest BCUT2D eigenvalue weighted by Crippen LogP contribution is 2.39. The molecule has 0 bridgehead atoms. The lowest BCUT2D eigenvalue weighted by molar-refractivity contribution is -0.137. The molecule has 9 heteroatoms. The first-order valence-electron chi connectivity index (χ1n) is 11.3. The number of rotatable bonds is 9. The topological polar surface area (TPSA) is 66.5 Å². The fraction of sp³-hybridized carbons (Fsp3) is 0.296. The van der Waals surface area contributed by atoms with Crippen molar-refractivity contribution in [2.45, 2.75) is 12.5 Å². The van der Waals surface area contributed by atoms with Gasteiger partial charge in [-0.1, -0.05) is 35.3 Å². The number of hydrogen-bond acceptors (Lipinski definition) is 6. The van der Waals surface area contributed by atoms with E-state index in [0.29, 0.717) is 51.8 Å². The maximum absolute atomic E-state index is 13.4. The molecule has 0 aliphatic carbocycles. The Bertz CT molecular complexity index is 1230. The Labute approximate surface area is 220 Å². The number of hydrogen-bond donors (Lipinski definition) is 0. The van der Waals surface area contributed by atoms with Gasteiger partial charge in [-0.25, -0.2) is 0 Å². The van der Waals surface area contributed by atoms with Gasteiger partial charge in [0.2, 0.25) is 0 Å². The van der Waals surface area contributed by atoms with Crippen LogP contribution in [0.3, 0.4) is 0 Å². The molecule has 3 aromatic carbocycles. The standard InChI is InChI=1S/C27H27Cl2NO6/c1-32-23-6-4-5-7-24(23)35-15-21-19-14-26(34-3)25(33-2)12-17(19)10-11-30(21)27(31)16-36-22-9-8-18(28)13-20(22)29/h4-9,12-14,21H,10-11,15-16H2,1-3H3/t21-/m0/s1. The van der Waals surface area contributed by atoms with Gasteiger partial charge >= 0.3 is 0 Å². The first-order valence-corrected chi connectivity index (χ1v) is 12.1. The Morgan fingerprint density at radius 2 is 1.56 bits per heavy atom. The van der Waals surface area contributed by atoms with Crippen LogP contribution in [0.2, 0.25) is 10.0 Å². The average molecular weight is 532 g/mol. The summed E-state index contributed by atoms with van der Waals surface area (Å²) in [7, 11) is 4.77. The van der Waals surface area contributed by atoms with E-state index < -0.39 is 6.04 Å². The number of benzene rings is 3. The Balaban J connectivity index is 1.61. The Morgan fingerprint density at radius 1 is 0.861 bits per heavy atom. The van der Waals surface area contributed by atoms with Gasteiger partial charge in [0.1, 0.15) is 12.4 Å². The second kappa shape index (κ2) is 11.6. The molecule has 1 atom stereocenters. The first kappa shape index (κ1) is 25.8. The van der Waals surface area contributed by atoms with Crippen LogP contribution in [-0.4, -0.2) is 51.9 Å². The maximum atomic E-state index is 13.4. The number of fused-ring (bicyclic) bond motifs is 1. The lowest BCUT2D eigenvalue weighted by Gasteiger charge is -2.37. The molecular weight excluding hydrogens is 505 g/mol. The van der Waals surface area contributed by atoms with Crippen molar-refractivity contribution < 1.29 is 28.5 Å². The quantitative estimate of drug-likeness (QED) is 0.358. The van der Waals surface area contributed by atoms with Crippen molar-refractivity contribution in [1.29, 1.82) is 0 Å². The molecule has 0 fully saturated rings. The molecule has 0 spiro atoms. The van der Waals surface area contributed by atoms with Crippen molar-refractivity contribution in [2.75, 3.05) is 41.1 Å². The van der Waals surface area contributed by atoms with Crippen molar-refractivity contribution in [2.24, 2.45) is 0 Å². The van der Waals surface area contributed by atoms with E-state index in [9.17, 15) is 4.79 Å². The van der Waals surface area contributed by atoms with Crippen molar-refractivity contribution in [3.63, 3.8) is 0 Å². The number of methoxy groups -OCH3 is 3. The van der Waals surface area contributed by atoms with Gasteiger partial charge in [0.15, 0.2) is 29.6 Å². The van der Waals surface area contributed by atoms with Crippen LogP contribution >= 0.6 is 23.2 Å². The highest BCUT2D eigenvalue weighted by atomic mass is 35.5. The molecule has 7 nitrogen and oxygen atoms in total. The van der Waals surface area contributed by atoms with Crippen LogP contribution in [0, 0.1) is 0 Å². The summed E-state index contributed by atoms with van der Waals surface area (Å²) in [6.07, 6.45) is 0.647. The summed E-state index contributed by atoms with van der Waals surface area (Å²) in [5, 5.41) is 0.830. The molecule has 1 aliphatic heterocycles. The molecule has 3 aromatic rings. The number of amides is 1. The predicted octanol–water partition coefficient (Wildman–Crippen LogP) is 5.60. The largest absolute Gasteiger partial charge is 0.493 e. The number of ether oxygens (including phenoxy) is 5. The van der Waals surface area contributed by atoms with Gasteiger partial charge in [-0.05, 0) is 60.0 Å². The molecule has 0 saturated carbocycles. The molecule has 190 valence electrons. The molecule has 0 N–H and O–H groups in total. The summed E-state index contributed by atoms with van der Waals surface area (Å²) < 4.78 is 28.3. The number of carbonyl (C=O) groups is 1. The van der Waals surface area contributed by atoms with Crippen molar-refractivity contribution >= 4 is 29.1 Å². The third-order valence-corrected chi connectivity index (χ3v) is 6.56. The minimum Gasteiger partial charge on any atom is -0.493 e. The van der Waals surface area contributed by atoms with Crippen LogP contribution in [0.5, 0.6) is 28.7 Å². The zero-order valence-electron chi connectivity index (χ0n) is 20.3. The van der Waals surface area contributed by atoms with Crippen molar-refractivity contribution in [1.82, 2.24) is 4.90 Å². The molecular formula is C27H27Cl2NO6. The van der Waals surface area contributed by atoms with E-state index in [1.807, 2.05) is 36.4 Å². The molecule has 0 unspecified atom stereocenters. The van der Waals surface area contributed by atoms with E-state index >= 15 is 0 Å². The maximum Gasteiger partial charge on any atom is 0.261 e. The second-order valence-corrected chi connectivity index (χ2v) is 8.93. The summed E-state index contributed by atoms with van der Waals surface area (Å²) in [5.41, 5.74) is 1.98. The fourth-order valence-electron chi connectivity index (χ4n) is 4.23. The molecule has 1 heterocycles. The van der Waals surface area contributed by atoms with E-state index in [-0.39, 0.29) is 19.1 Å². The third-order valence-electron chi connectivity index (χ3n) is 6.03. The predicted molar refractivity (Wildman–Crippen MR) is 138 cm³/mol. The van der Waals surface area contributed by atoms with Crippen LogP contribution in [-0.2, 0) is 11.2 Å². The second-order valence-electron chi connectivity index (χ2n) is 8.08. The van der Waals surface area contributed by atoms with Crippen LogP contribution in [0.4, 0.5) is 0 Å². The fourth-order valence-corrected chi connectivity index (χ4v) is 4.69. The van der Waals surface area contributed by atoms with Crippen LogP contribution in [0.1, 0.15) is 17.2 Å². The Morgan fingerprint density at radius 3 is 2.25 bits per heavy atom. The van der Waals surface area contributed by atoms with Crippen LogP contribution < -0.4 is 23.7 Å². The lowest BCUT2D eigenvalue weighted by Crippen LogP contribution is -2.44. The van der Waals surface area contributed by atoms with E-state index in [1.54, 1.807) is 44.4 Å². The molecule has 0 radical (unpaired) electrons. The third kappa shape index (κ3) is 5.58. The highest BCUT2D eigenvalue weighted by molar-refractivity contribution is 6.35. The lowest BCUT2D eigenvalue weighted by atomic mass is 9.92. The normalized spacial score (nSPS) is 14.6. The average Bonchev–Trinajstić information content (AvgIpc) is 2.90. The Hall–Kier alpha value is -3.29.